The maximum atomic E-state index is 10.9. The number of rotatable bonds is 9. The summed E-state index contributed by atoms with van der Waals surface area (Å²) >= 11 is 0. The average molecular weight is 252 g/mol. The molecule has 0 aliphatic rings. The number of aliphatic carboxylic acids is 1. The molecule has 0 aliphatic carbocycles. The van der Waals surface area contributed by atoms with E-state index in [1.807, 2.05) is 37.3 Å². The summed E-state index contributed by atoms with van der Waals surface area (Å²) in [6.45, 7) is 2.94. The molecule has 0 bridgehead atoms. The lowest BCUT2D eigenvalue weighted by atomic mass is 10.2. The molecule has 1 rings (SSSR count). The number of carboxylic acid groups (broad SMARTS) is 1. The molecule has 0 saturated heterocycles. The highest BCUT2D eigenvalue weighted by atomic mass is 16.5. The predicted molar refractivity (Wildman–Crippen MR) is 68.8 cm³/mol. The molecule has 100 valence electrons. The fourth-order valence-electron chi connectivity index (χ4n) is 1.51. The topological polar surface area (TPSA) is 55.8 Å². The van der Waals surface area contributed by atoms with Crippen molar-refractivity contribution < 1.29 is 19.4 Å². The van der Waals surface area contributed by atoms with Gasteiger partial charge in [0.15, 0.2) is 6.10 Å². The van der Waals surface area contributed by atoms with Crippen molar-refractivity contribution in [1.29, 1.82) is 0 Å². The molecule has 0 amide bonds. The van der Waals surface area contributed by atoms with Gasteiger partial charge in [0.2, 0.25) is 0 Å². The van der Waals surface area contributed by atoms with Gasteiger partial charge in [-0.25, -0.2) is 4.79 Å². The molecule has 0 radical (unpaired) electrons. The number of hydrogen-bond acceptors (Lipinski definition) is 3. The Balaban J connectivity index is 2.20. The van der Waals surface area contributed by atoms with Gasteiger partial charge in [0.25, 0.3) is 0 Å². The second-order valence-corrected chi connectivity index (χ2v) is 4.00. The van der Waals surface area contributed by atoms with Crippen LogP contribution in [0.4, 0.5) is 0 Å². The van der Waals surface area contributed by atoms with Crippen molar-refractivity contribution >= 4 is 5.97 Å². The quantitative estimate of drug-likeness (QED) is 0.686. The van der Waals surface area contributed by atoms with Gasteiger partial charge in [0.05, 0.1) is 6.61 Å². The van der Waals surface area contributed by atoms with Gasteiger partial charge >= 0.3 is 5.97 Å². The van der Waals surface area contributed by atoms with E-state index in [9.17, 15) is 4.79 Å². The monoisotopic (exact) mass is 252 g/mol. The fraction of sp³-hybridized carbons (Fsp3) is 0.500. The first-order valence-corrected chi connectivity index (χ1v) is 6.26. The second kappa shape index (κ2) is 8.53. The van der Waals surface area contributed by atoms with Gasteiger partial charge in [-0.05, 0) is 31.4 Å². The van der Waals surface area contributed by atoms with Gasteiger partial charge in [0.1, 0.15) is 5.75 Å². The number of ether oxygens (including phenoxy) is 2. The SMILES string of the molecule is CCCOC(CCCOc1ccccc1)C(=O)O. The summed E-state index contributed by atoms with van der Waals surface area (Å²) in [5.41, 5.74) is 0. The lowest BCUT2D eigenvalue weighted by Crippen LogP contribution is -2.24. The van der Waals surface area contributed by atoms with Crippen LogP contribution in [0.2, 0.25) is 0 Å². The Morgan fingerprint density at radius 2 is 2.00 bits per heavy atom. The smallest absolute Gasteiger partial charge is 0.332 e. The first kappa shape index (κ1) is 14.5. The van der Waals surface area contributed by atoms with Crippen LogP contribution in [0.3, 0.4) is 0 Å². The van der Waals surface area contributed by atoms with Gasteiger partial charge in [-0.3, -0.25) is 0 Å². The van der Waals surface area contributed by atoms with Gasteiger partial charge in [-0.2, -0.15) is 0 Å². The number of hydrogen-bond donors (Lipinski definition) is 1. The minimum absolute atomic E-state index is 0.474. The Labute approximate surface area is 108 Å². The Morgan fingerprint density at radius 3 is 2.61 bits per heavy atom. The van der Waals surface area contributed by atoms with E-state index in [0.717, 1.165) is 12.2 Å². The number of carbonyl (C=O) groups is 1. The van der Waals surface area contributed by atoms with Crippen molar-refractivity contribution in [3.63, 3.8) is 0 Å². The number of carboxylic acids is 1. The third-order valence-corrected chi connectivity index (χ3v) is 2.42. The molecule has 1 aromatic rings. The molecule has 18 heavy (non-hydrogen) atoms. The van der Waals surface area contributed by atoms with Crippen molar-refractivity contribution in [3.05, 3.63) is 30.3 Å². The molecular formula is C14H20O4. The molecule has 1 atom stereocenters. The van der Waals surface area contributed by atoms with Gasteiger partial charge in [-0.15, -0.1) is 0 Å². The van der Waals surface area contributed by atoms with Crippen molar-refractivity contribution in [1.82, 2.24) is 0 Å². The zero-order chi connectivity index (χ0) is 13.2. The van der Waals surface area contributed by atoms with Crippen molar-refractivity contribution in [2.75, 3.05) is 13.2 Å². The molecule has 4 nitrogen and oxygen atoms in total. The van der Waals surface area contributed by atoms with E-state index in [1.54, 1.807) is 0 Å². The molecule has 1 aromatic carbocycles. The maximum absolute atomic E-state index is 10.9. The molecule has 0 heterocycles. The van der Waals surface area contributed by atoms with E-state index >= 15 is 0 Å². The summed E-state index contributed by atoms with van der Waals surface area (Å²) in [7, 11) is 0. The van der Waals surface area contributed by atoms with E-state index in [0.29, 0.717) is 26.1 Å². The summed E-state index contributed by atoms with van der Waals surface area (Å²) in [6.07, 6.45) is 1.24. The summed E-state index contributed by atoms with van der Waals surface area (Å²) < 4.78 is 10.7. The normalized spacial score (nSPS) is 12.1. The van der Waals surface area contributed by atoms with Crippen LogP contribution in [0.25, 0.3) is 0 Å². The van der Waals surface area contributed by atoms with Crippen LogP contribution in [0.15, 0.2) is 30.3 Å². The van der Waals surface area contributed by atoms with Crippen molar-refractivity contribution in [3.8, 4) is 5.75 Å². The Bertz CT molecular complexity index is 337. The van der Waals surface area contributed by atoms with Crippen molar-refractivity contribution in [2.24, 2.45) is 0 Å². The van der Waals surface area contributed by atoms with Crippen LogP contribution in [0.5, 0.6) is 5.75 Å². The van der Waals surface area contributed by atoms with E-state index in [4.69, 9.17) is 14.6 Å². The predicted octanol–water partition coefficient (Wildman–Crippen LogP) is 2.73. The second-order valence-electron chi connectivity index (χ2n) is 4.00. The van der Waals surface area contributed by atoms with Crippen LogP contribution in [-0.2, 0) is 9.53 Å². The number of benzene rings is 1. The largest absolute Gasteiger partial charge is 0.494 e. The maximum Gasteiger partial charge on any atom is 0.332 e. The number of para-hydroxylation sites is 1. The highest BCUT2D eigenvalue weighted by Gasteiger charge is 2.16. The van der Waals surface area contributed by atoms with E-state index < -0.39 is 12.1 Å². The molecule has 4 heteroatoms. The van der Waals surface area contributed by atoms with Crippen LogP contribution < -0.4 is 4.74 Å². The zero-order valence-electron chi connectivity index (χ0n) is 10.7. The van der Waals surface area contributed by atoms with E-state index in [2.05, 4.69) is 0 Å². The van der Waals surface area contributed by atoms with Crippen LogP contribution >= 0.6 is 0 Å². The molecule has 1 N–H and O–H groups in total. The Morgan fingerprint density at radius 1 is 1.28 bits per heavy atom. The molecule has 0 fully saturated rings. The molecular weight excluding hydrogens is 232 g/mol. The lowest BCUT2D eigenvalue weighted by Gasteiger charge is -2.13. The highest BCUT2D eigenvalue weighted by Crippen LogP contribution is 2.10. The standard InChI is InChI=1S/C14H20O4/c1-2-10-18-13(14(15)16)9-6-11-17-12-7-4-3-5-8-12/h3-5,7-8,13H,2,6,9-11H2,1H3,(H,15,16). The third-order valence-electron chi connectivity index (χ3n) is 2.42. The van der Waals surface area contributed by atoms with Crippen LogP contribution in [0, 0.1) is 0 Å². The summed E-state index contributed by atoms with van der Waals surface area (Å²) in [5, 5.41) is 8.95. The summed E-state index contributed by atoms with van der Waals surface area (Å²) in [4.78, 5) is 10.9. The minimum atomic E-state index is -0.900. The third kappa shape index (κ3) is 5.68. The fourth-order valence-corrected chi connectivity index (χ4v) is 1.51. The van der Waals surface area contributed by atoms with Gasteiger partial charge in [0, 0.05) is 6.61 Å². The molecule has 0 aromatic heterocycles. The van der Waals surface area contributed by atoms with Crippen molar-refractivity contribution in [2.45, 2.75) is 32.3 Å². The van der Waals surface area contributed by atoms with Gasteiger partial charge < -0.3 is 14.6 Å². The molecule has 0 saturated carbocycles. The molecule has 0 spiro atoms. The van der Waals surface area contributed by atoms with Crippen LogP contribution in [-0.4, -0.2) is 30.4 Å². The molecule has 1 unspecified atom stereocenters. The zero-order valence-corrected chi connectivity index (χ0v) is 10.7. The first-order chi connectivity index (χ1) is 8.74. The Hall–Kier alpha value is -1.55. The van der Waals surface area contributed by atoms with Gasteiger partial charge in [-0.1, -0.05) is 25.1 Å². The van der Waals surface area contributed by atoms with E-state index in [-0.39, 0.29) is 0 Å². The van der Waals surface area contributed by atoms with Crippen LogP contribution in [0.1, 0.15) is 26.2 Å². The summed E-state index contributed by atoms with van der Waals surface area (Å²) in [5.74, 6) is -0.0954. The first-order valence-electron chi connectivity index (χ1n) is 6.26. The van der Waals surface area contributed by atoms with E-state index in [1.165, 1.54) is 0 Å². The molecule has 0 aliphatic heterocycles. The highest BCUT2D eigenvalue weighted by molar-refractivity contribution is 5.72. The average Bonchev–Trinajstić information content (AvgIpc) is 2.38. The Kier molecular flexibility index (Phi) is 6.87. The minimum Gasteiger partial charge on any atom is -0.494 e. The summed E-state index contributed by atoms with van der Waals surface area (Å²) in [6, 6.07) is 9.48. The lowest BCUT2D eigenvalue weighted by molar-refractivity contribution is -0.150.